The molecule has 0 saturated carbocycles. The first-order valence-electron chi connectivity index (χ1n) is 5.74. The summed E-state index contributed by atoms with van der Waals surface area (Å²) in [6.07, 6.45) is 1.23. The second kappa shape index (κ2) is 7.85. The Kier molecular flexibility index (Phi) is 6.40. The monoisotopic (exact) mass is 310 g/mol. The molecule has 0 atom stereocenters. The number of anilines is 1. The maximum absolute atomic E-state index is 11.6. The van der Waals surface area contributed by atoms with Crippen LogP contribution in [0.25, 0.3) is 0 Å². The molecule has 0 aliphatic carbocycles. The molecular weight excluding hydrogens is 296 g/mol. The topological polar surface area (TPSA) is 62.1 Å². The molecule has 0 spiro atoms. The van der Waals surface area contributed by atoms with E-state index in [0.717, 1.165) is 10.9 Å². The van der Waals surface area contributed by atoms with Crippen LogP contribution in [0.4, 0.5) is 5.69 Å². The lowest BCUT2D eigenvalue weighted by Gasteiger charge is -2.07. The van der Waals surface area contributed by atoms with E-state index in [1.807, 2.05) is 13.0 Å². The van der Waals surface area contributed by atoms with E-state index in [1.54, 1.807) is 18.2 Å². The molecule has 0 saturated heterocycles. The quantitative estimate of drug-likeness (QED) is 0.821. The molecule has 0 bridgehead atoms. The van der Waals surface area contributed by atoms with E-state index in [0.29, 0.717) is 24.5 Å². The van der Waals surface area contributed by atoms with Gasteiger partial charge in [0.1, 0.15) is 6.07 Å². The second-order valence-electron chi connectivity index (χ2n) is 3.71. The summed E-state index contributed by atoms with van der Waals surface area (Å²) in [5.74, 6) is -0.152. The number of nitriles is 1. The van der Waals surface area contributed by atoms with E-state index in [9.17, 15) is 4.79 Å². The molecule has 0 aliphatic heterocycles. The summed E-state index contributed by atoms with van der Waals surface area (Å²) < 4.78 is 6.05. The van der Waals surface area contributed by atoms with Gasteiger partial charge in [0.05, 0.1) is 24.3 Å². The van der Waals surface area contributed by atoms with Crippen molar-refractivity contribution in [1.82, 2.24) is 0 Å². The van der Waals surface area contributed by atoms with Gasteiger partial charge in [0, 0.05) is 11.1 Å². The van der Waals surface area contributed by atoms with Crippen molar-refractivity contribution < 1.29 is 9.53 Å². The molecule has 18 heavy (non-hydrogen) atoms. The van der Waals surface area contributed by atoms with Crippen LogP contribution in [-0.4, -0.2) is 19.1 Å². The van der Waals surface area contributed by atoms with Crippen LogP contribution in [0.5, 0.6) is 0 Å². The molecule has 1 rings (SSSR count). The zero-order valence-corrected chi connectivity index (χ0v) is 11.8. The molecule has 96 valence electrons. The summed E-state index contributed by atoms with van der Waals surface area (Å²) in [5.41, 5.74) is 0.966. The third kappa shape index (κ3) is 4.86. The molecule has 4 nitrogen and oxygen atoms in total. The van der Waals surface area contributed by atoms with Crippen molar-refractivity contribution in [2.24, 2.45) is 0 Å². The van der Waals surface area contributed by atoms with Gasteiger partial charge in [-0.1, -0.05) is 22.9 Å². The van der Waals surface area contributed by atoms with E-state index in [4.69, 9.17) is 10.00 Å². The number of carbonyl (C=O) groups is 1. The number of ether oxygens (including phenoxy) is 1. The summed E-state index contributed by atoms with van der Waals surface area (Å²) in [5, 5.41) is 11.6. The number of amides is 1. The fourth-order valence-electron chi connectivity index (χ4n) is 1.34. The zero-order valence-electron chi connectivity index (χ0n) is 10.2. The molecule has 0 fully saturated rings. The molecule has 0 radical (unpaired) electrons. The van der Waals surface area contributed by atoms with Crippen molar-refractivity contribution in [2.75, 3.05) is 18.5 Å². The normalized spacial score (nSPS) is 9.83. The van der Waals surface area contributed by atoms with Crippen LogP contribution >= 0.6 is 15.9 Å². The summed E-state index contributed by atoms with van der Waals surface area (Å²) in [6, 6.07) is 7.17. The summed E-state index contributed by atoms with van der Waals surface area (Å²) in [7, 11) is 0. The van der Waals surface area contributed by atoms with Crippen LogP contribution in [0.15, 0.2) is 22.7 Å². The average molecular weight is 311 g/mol. The highest BCUT2D eigenvalue weighted by Crippen LogP contribution is 2.20. The van der Waals surface area contributed by atoms with E-state index < -0.39 is 0 Å². The molecule has 1 N–H and O–H groups in total. The Morgan fingerprint density at radius 3 is 2.94 bits per heavy atom. The van der Waals surface area contributed by atoms with Crippen molar-refractivity contribution in [2.45, 2.75) is 19.8 Å². The van der Waals surface area contributed by atoms with Gasteiger partial charge in [-0.2, -0.15) is 5.26 Å². The van der Waals surface area contributed by atoms with Crippen LogP contribution in [0, 0.1) is 11.3 Å². The molecular formula is C13H15BrN2O2. The van der Waals surface area contributed by atoms with Crippen LogP contribution in [0.2, 0.25) is 0 Å². The molecule has 0 aromatic heterocycles. The fourth-order valence-corrected chi connectivity index (χ4v) is 1.70. The van der Waals surface area contributed by atoms with E-state index >= 15 is 0 Å². The first-order chi connectivity index (χ1) is 8.67. The first kappa shape index (κ1) is 14.7. The largest absolute Gasteiger partial charge is 0.381 e. The highest BCUT2D eigenvalue weighted by molar-refractivity contribution is 9.10. The molecule has 5 heteroatoms. The van der Waals surface area contributed by atoms with Crippen molar-refractivity contribution in [3.8, 4) is 6.07 Å². The van der Waals surface area contributed by atoms with Crippen LogP contribution in [0.1, 0.15) is 25.3 Å². The summed E-state index contributed by atoms with van der Waals surface area (Å²) >= 11 is 3.30. The Morgan fingerprint density at radius 1 is 1.50 bits per heavy atom. The predicted molar refractivity (Wildman–Crippen MR) is 73.2 cm³/mol. The number of benzene rings is 1. The van der Waals surface area contributed by atoms with Crippen molar-refractivity contribution in [3.05, 3.63) is 28.2 Å². The highest BCUT2D eigenvalue weighted by atomic mass is 79.9. The fraction of sp³-hybridized carbons (Fsp3) is 0.385. The van der Waals surface area contributed by atoms with Gasteiger partial charge >= 0.3 is 0 Å². The standard InChI is InChI=1S/C13H15BrN2O2/c1-2-6-18-7-5-13(17)16-12-8-11(14)4-3-10(12)9-15/h3-4,8H,2,5-7H2,1H3,(H,16,17). The average Bonchev–Trinajstić information content (AvgIpc) is 2.35. The van der Waals surface area contributed by atoms with Crippen LogP contribution < -0.4 is 5.32 Å². The Morgan fingerprint density at radius 2 is 2.28 bits per heavy atom. The lowest BCUT2D eigenvalue weighted by molar-refractivity contribution is -0.117. The van der Waals surface area contributed by atoms with Gasteiger partial charge in [-0.25, -0.2) is 0 Å². The van der Waals surface area contributed by atoms with Gasteiger partial charge in [0.15, 0.2) is 0 Å². The first-order valence-corrected chi connectivity index (χ1v) is 6.54. The molecule has 1 aromatic carbocycles. The minimum Gasteiger partial charge on any atom is -0.381 e. The molecule has 0 heterocycles. The Labute approximate surface area is 115 Å². The van der Waals surface area contributed by atoms with Gasteiger partial charge in [-0.05, 0) is 24.6 Å². The zero-order chi connectivity index (χ0) is 13.4. The number of rotatable bonds is 6. The van der Waals surface area contributed by atoms with Gasteiger partial charge in [0.2, 0.25) is 5.91 Å². The highest BCUT2D eigenvalue weighted by Gasteiger charge is 2.07. The molecule has 0 aliphatic rings. The predicted octanol–water partition coefficient (Wildman–Crippen LogP) is 3.08. The number of carbonyl (C=O) groups excluding carboxylic acids is 1. The SMILES string of the molecule is CCCOCCC(=O)Nc1cc(Br)ccc1C#N. The third-order valence-electron chi connectivity index (χ3n) is 2.20. The van der Waals surface area contributed by atoms with Crippen LogP contribution in [-0.2, 0) is 9.53 Å². The van der Waals surface area contributed by atoms with Crippen molar-refractivity contribution >= 4 is 27.5 Å². The lowest BCUT2D eigenvalue weighted by atomic mass is 10.2. The number of hydrogen-bond acceptors (Lipinski definition) is 3. The number of nitrogens with one attached hydrogen (secondary N) is 1. The van der Waals surface area contributed by atoms with Crippen molar-refractivity contribution in [1.29, 1.82) is 5.26 Å². The summed E-state index contributed by atoms with van der Waals surface area (Å²) in [4.78, 5) is 11.6. The van der Waals surface area contributed by atoms with E-state index in [2.05, 4.69) is 21.2 Å². The maximum Gasteiger partial charge on any atom is 0.226 e. The third-order valence-corrected chi connectivity index (χ3v) is 2.69. The molecule has 1 amide bonds. The second-order valence-corrected chi connectivity index (χ2v) is 4.63. The van der Waals surface area contributed by atoms with Crippen LogP contribution in [0.3, 0.4) is 0 Å². The van der Waals surface area contributed by atoms with Crippen molar-refractivity contribution in [3.63, 3.8) is 0 Å². The lowest BCUT2D eigenvalue weighted by Crippen LogP contribution is -2.15. The van der Waals surface area contributed by atoms with Gasteiger partial charge in [0.25, 0.3) is 0 Å². The number of halogens is 1. The Bertz CT molecular complexity index is 455. The van der Waals surface area contributed by atoms with E-state index in [1.165, 1.54) is 0 Å². The van der Waals surface area contributed by atoms with Gasteiger partial charge in [-0.15, -0.1) is 0 Å². The minimum absolute atomic E-state index is 0.152. The van der Waals surface area contributed by atoms with Gasteiger partial charge < -0.3 is 10.1 Å². The molecule has 1 aromatic rings. The summed E-state index contributed by atoms with van der Waals surface area (Å²) in [6.45, 7) is 3.07. The van der Waals surface area contributed by atoms with Gasteiger partial charge in [-0.3, -0.25) is 4.79 Å². The molecule has 0 unspecified atom stereocenters. The number of nitrogens with zero attached hydrogens (tertiary/aromatic N) is 1. The number of hydrogen-bond donors (Lipinski definition) is 1. The van der Waals surface area contributed by atoms with E-state index in [-0.39, 0.29) is 12.3 Å². The maximum atomic E-state index is 11.6. The minimum atomic E-state index is -0.152. The Hall–Kier alpha value is -1.38. The smallest absolute Gasteiger partial charge is 0.226 e. The Balaban J connectivity index is 2.54.